The molecule has 1 unspecified atom stereocenters. The van der Waals surface area contributed by atoms with E-state index in [1.165, 1.54) is 6.07 Å². The Morgan fingerprint density at radius 1 is 1.43 bits per heavy atom. The average molecular weight is 194 g/mol. The molecule has 2 rings (SSSR count). The van der Waals surface area contributed by atoms with Gasteiger partial charge in [0.2, 0.25) is 5.91 Å². The molecule has 14 heavy (non-hydrogen) atoms. The Morgan fingerprint density at radius 2 is 2.14 bits per heavy atom. The summed E-state index contributed by atoms with van der Waals surface area (Å²) in [4.78, 5) is 11.0. The van der Waals surface area contributed by atoms with E-state index in [2.05, 4.69) is 5.32 Å². The van der Waals surface area contributed by atoms with Crippen molar-refractivity contribution in [1.29, 1.82) is 0 Å². The van der Waals surface area contributed by atoms with E-state index in [1.807, 2.05) is 0 Å². The van der Waals surface area contributed by atoms with Crippen LogP contribution < -0.4 is 11.1 Å². The fourth-order valence-corrected chi connectivity index (χ4v) is 1.71. The maximum Gasteiger partial charge on any atom is 0.222 e. The molecule has 3 N–H and O–H groups in total. The van der Waals surface area contributed by atoms with Crippen molar-refractivity contribution < 1.29 is 9.18 Å². The maximum atomic E-state index is 13.3. The van der Waals surface area contributed by atoms with Crippen molar-refractivity contribution in [1.82, 2.24) is 5.32 Å². The van der Waals surface area contributed by atoms with E-state index in [0.717, 1.165) is 0 Å². The molecule has 1 heterocycles. The fourth-order valence-electron chi connectivity index (χ4n) is 1.71. The SMILES string of the molecule is N[C@H]1CC(=O)NC1c1ccccc1F. The third kappa shape index (κ3) is 1.48. The monoisotopic (exact) mass is 194 g/mol. The first-order valence-corrected chi connectivity index (χ1v) is 4.48. The minimum absolute atomic E-state index is 0.120. The van der Waals surface area contributed by atoms with Crippen LogP contribution in [0.4, 0.5) is 4.39 Å². The molecule has 1 fully saturated rings. The van der Waals surface area contributed by atoms with Gasteiger partial charge in [0, 0.05) is 18.0 Å². The van der Waals surface area contributed by atoms with Crippen LogP contribution >= 0.6 is 0 Å². The zero-order valence-electron chi connectivity index (χ0n) is 7.53. The highest BCUT2D eigenvalue weighted by atomic mass is 19.1. The number of carbonyl (C=O) groups excluding carboxylic acids is 1. The summed E-state index contributed by atoms with van der Waals surface area (Å²) in [5, 5.41) is 2.66. The molecular weight excluding hydrogens is 183 g/mol. The number of hydrogen-bond acceptors (Lipinski definition) is 2. The topological polar surface area (TPSA) is 55.1 Å². The van der Waals surface area contributed by atoms with E-state index in [9.17, 15) is 9.18 Å². The van der Waals surface area contributed by atoms with Crippen LogP contribution in [0.15, 0.2) is 24.3 Å². The standard InChI is InChI=1S/C10H11FN2O/c11-7-4-2-1-3-6(7)10-8(12)5-9(14)13-10/h1-4,8,10H,5,12H2,(H,13,14)/t8-,10?/m0/s1. The number of nitrogens with one attached hydrogen (secondary N) is 1. The van der Waals surface area contributed by atoms with Crippen LogP contribution in [0.1, 0.15) is 18.0 Å². The van der Waals surface area contributed by atoms with Crippen molar-refractivity contribution in [3.05, 3.63) is 35.6 Å². The highest BCUT2D eigenvalue weighted by Gasteiger charge is 2.31. The molecule has 0 spiro atoms. The van der Waals surface area contributed by atoms with E-state index in [1.54, 1.807) is 18.2 Å². The third-order valence-electron chi connectivity index (χ3n) is 2.41. The molecule has 1 amide bonds. The molecule has 1 aliphatic rings. The highest BCUT2D eigenvalue weighted by molar-refractivity contribution is 5.80. The fraction of sp³-hybridized carbons (Fsp3) is 0.300. The van der Waals surface area contributed by atoms with E-state index in [-0.39, 0.29) is 30.2 Å². The lowest BCUT2D eigenvalue weighted by Gasteiger charge is -2.15. The molecular formula is C10H11FN2O. The molecule has 74 valence electrons. The quantitative estimate of drug-likeness (QED) is 0.692. The first-order valence-electron chi connectivity index (χ1n) is 4.48. The molecule has 0 aliphatic carbocycles. The van der Waals surface area contributed by atoms with Crippen molar-refractivity contribution >= 4 is 5.91 Å². The molecule has 4 heteroatoms. The Kier molecular flexibility index (Phi) is 2.21. The first kappa shape index (κ1) is 9.15. The summed E-state index contributed by atoms with van der Waals surface area (Å²) in [6, 6.07) is 5.64. The molecule has 1 saturated heterocycles. The van der Waals surface area contributed by atoms with Gasteiger partial charge in [-0.25, -0.2) is 4.39 Å². The maximum absolute atomic E-state index is 13.3. The predicted molar refractivity (Wildman–Crippen MR) is 49.9 cm³/mol. The van der Waals surface area contributed by atoms with Gasteiger partial charge in [0.1, 0.15) is 5.82 Å². The lowest BCUT2D eigenvalue weighted by molar-refractivity contribution is -0.119. The molecule has 1 aromatic carbocycles. The second-order valence-electron chi connectivity index (χ2n) is 3.43. The molecule has 0 bridgehead atoms. The van der Waals surface area contributed by atoms with Gasteiger partial charge in [0.25, 0.3) is 0 Å². The summed E-state index contributed by atoms with van der Waals surface area (Å²) in [5.41, 5.74) is 6.18. The normalized spacial score (nSPS) is 26.3. The molecule has 0 aromatic heterocycles. The molecule has 3 nitrogen and oxygen atoms in total. The number of rotatable bonds is 1. The Hall–Kier alpha value is -1.42. The number of carbonyl (C=O) groups is 1. The number of hydrogen-bond donors (Lipinski definition) is 2. The lowest BCUT2D eigenvalue weighted by atomic mass is 10.0. The predicted octanol–water partition coefficient (Wildman–Crippen LogP) is 0.714. The smallest absolute Gasteiger partial charge is 0.222 e. The first-order chi connectivity index (χ1) is 6.68. The van der Waals surface area contributed by atoms with Crippen LogP contribution in [0.25, 0.3) is 0 Å². The highest BCUT2D eigenvalue weighted by Crippen LogP contribution is 2.24. The van der Waals surface area contributed by atoms with Crippen LogP contribution in [-0.2, 0) is 4.79 Å². The number of benzene rings is 1. The molecule has 1 aromatic rings. The van der Waals surface area contributed by atoms with Crippen LogP contribution in [-0.4, -0.2) is 11.9 Å². The minimum atomic E-state index is -0.385. The van der Waals surface area contributed by atoms with Gasteiger partial charge >= 0.3 is 0 Å². The van der Waals surface area contributed by atoms with Crippen LogP contribution in [0.2, 0.25) is 0 Å². The Morgan fingerprint density at radius 3 is 2.71 bits per heavy atom. The van der Waals surface area contributed by atoms with E-state index < -0.39 is 0 Å². The second kappa shape index (κ2) is 3.38. The number of amides is 1. The number of nitrogens with two attached hydrogens (primary N) is 1. The van der Waals surface area contributed by atoms with Crippen LogP contribution in [0.3, 0.4) is 0 Å². The van der Waals surface area contributed by atoms with Crippen molar-refractivity contribution in [2.75, 3.05) is 0 Å². The molecule has 2 atom stereocenters. The lowest BCUT2D eigenvalue weighted by Crippen LogP contribution is -2.29. The molecule has 1 aliphatic heterocycles. The van der Waals surface area contributed by atoms with Gasteiger partial charge in [-0.05, 0) is 6.07 Å². The Bertz CT molecular complexity index is 367. The minimum Gasteiger partial charge on any atom is -0.348 e. The van der Waals surface area contributed by atoms with E-state index in [0.29, 0.717) is 5.56 Å². The Balaban J connectivity index is 2.32. The second-order valence-corrected chi connectivity index (χ2v) is 3.43. The van der Waals surface area contributed by atoms with Crippen LogP contribution in [0.5, 0.6) is 0 Å². The van der Waals surface area contributed by atoms with Gasteiger partial charge in [-0.2, -0.15) is 0 Å². The zero-order valence-corrected chi connectivity index (χ0v) is 7.53. The average Bonchev–Trinajstić information content (AvgIpc) is 2.46. The van der Waals surface area contributed by atoms with E-state index in [4.69, 9.17) is 5.73 Å². The molecule has 0 saturated carbocycles. The van der Waals surface area contributed by atoms with Gasteiger partial charge in [-0.15, -0.1) is 0 Å². The summed E-state index contributed by atoms with van der Waals surface area (Å²) in [6.45, 7) is 0. The summed E-state index contributed by atoms with van der Waals surface area (Å²) in [5.74, 6) is -0.444. The van der Waals surface area contributed by atoms with Crippen molar-refractivity contribution in [2.45, 2.75) is 18.5 Å². The van der Waals surface area contributed by atoms with Crippen molar-refractivity contribution in [2.24, 2.45) is 5.73 Å². The van der Waals surface area contributed by atoms with Gasteiger partial charge in [0.15, 0.2) is 0 Å². The summed E-state index contributed by atoms with van der Waals surface area (Å²) >= 11 is 0. The van der Waals surface area contributed by atoms with Gasteiger partial charge in [-0.1, -0.05) is 18.2 Å². The van der Waals surface area contributed by atoms with Gasteiger partial charge in [-0.3, -0.25) is 4.79 Å². The summed E-state index contributed by atoms with van der Waals surface area (Å²) < 4.78 is 13.3. The van der Waals surface area contributed by atoms with Crippen molar-refractivity contribution in [3.63, 3.8) is 0 Å². The Labute approximate surface area is 81.1 Å². The van der Waals surface area contributed by atoms with Gasteiger partial charge in [0.05, 0.1) is 6.04 Å². The molecule has 0 radical (unpaired) electrons. The summed E-state index contributed by atoms with van der Waals surface area (Å²) in [6.07, 6.45) is 0.263. The third-order valence-corrected chi connectivity index (χ3v) is 2.41. The summed E-state index contributed by atoms with van der Waals surface area (Å²) in [7, 11) is 0. The van der Waals surface area contributed by atoms with Gasteiger partial charge < -0.3 is 11.1 Å². The zero-order chi connectivity index (χ0) is 10.1. The largest absolute Gasteiger partial charge is 0.348 e. The number of halogens is 1. The van der Waals surface area contributed by atoms with Crippen molar-refractivity contribution in [3.8, 4) is 0 Å². The van der Waals surface area contributed by atoms with E-state index >= 15 is 0 Å². The van der Waals surface area contributed by atoms with Crippen LogP contribution in [0, 0.1) is 5.82 Å².